The summed E-state index contributed by atoms with van der Waals surface area (Å²) in [5.74, 6) is 0.161. The fraction of sp³-hybridized carbons (Fsp3) is 0.556. The van der Waals surface area contributed by atoms with Gasteiger partial charge in [0.05, 0.1) is 6.61 Å². The lowest BCUT2D eigenvalue weighted by Gasteiger charge is -2.06. The molecule has 31 heavy (non-hydrogen) atoms. The summed E-state index contributed by atoms with van der Waals surface area (Å²) in [6.45, 7) is 4.07. The molecule has 1 N–H and O–H groups in total. The number of ether oxygens (including phenoxy) is 1. The predicted molar refractivity (Wildman–Crippen MR) is 131 cm³/mol. The zero-order valence-corrected chi connectivity index (χ0v) is 19.4. The van der Waals surface area contributed by atoms with Gasteiger partial charge in [0.1, 0.15) is 0 Å². The molecule has 0 fully saturated rings. The Bertz CT molecular complexity index is 623. The van der Waals surface area contributed by atoms with Crippen molar-refractivity contribution in [1.82, 2.24) is 10.3 Å². The fourth-order valence-electron chi connectivity index (χ4n) is 3.07. The molecule has 0 saturated heterocycles. The van der Waals surface area contributed by atoms with Crippen molar-refractivity contribution in [2.24, 2.45) is 0 Å². The highest BCUT2D eigenvalue weighted by molar-refractivity contribution is 5.75. The SMILES string of the molecule is CCC=CCC=CCC=CCCCCCCCC(=O)NCCCOCc1cccnc1. The van der Waals surface area contributed by atoms with Gasteiger partial charge in [0.2, 0.25) is 5.91 Å². The number of unbranched alkanes of at least 4 members (excludes halogenated alkanes) is 5. The molecule has 0 aliphatic rings. The van der Waals surface area contributed by atoms with Crippen LogP contribution in [0.3, 0.4) is 0 Å². The van der Waals surface area contributed by atoms with Gasteiger partial charge in [-0.1, -0.05) is 68.7 Å². The Morgan fingerprint density at radius 3 is 2.48 bits per heavy atom. The molecule has 1 aromatic heterocycles. The van der Waals surface area contributed by atoms with E-state index in [2.05, 4.69) is 53.7 Å². The molecular weight excluding hydrogens is 384 g/mol. The van der Waals surface area contributed by atoms with Crippen molar-refractivity contribution in [2.45, 2.75) is 84.2 Å². The Balaban J connectivity index is 1.82. The molecular formula is C27H42N2O2. The van der Waals surface area contributed by atoms with E-state index in [-0.39, 0.29) is 5.91 Å². The number of nitrogens with one attached hydrogen (secondary N) is 1. The number of amides is 1. The average molecular weight is 427 g/mol. The molecule has 1 rings (SSSR count). The first-order valence-electron chi connectivity index (χ1n) is 12.0. The predicted octanol–water partition coefficient (Wildman–Crippen LogP) is 6.69. The molecule has 172 valence electrons. The molecule has 1 heterocycles. The van der Waals surface area contributed by atoms with Crippen LogP contribution in [-0.2, 0) is 16.1 Å². The van der Waals surface area contributed by atoms with Gasteiger partial charge in [-0.2, -0.15) is 0 Å². The van der Waals surface area contributed by atoms with Crippen LogP contribution < -0.4 is 5.32 Å². The lowest BCUT2D eigenvalue weighted by atomic mass is 10.1. The van der Waals surface area contributed by atoms with Crippen LogP contribution in [0, 0.1) is 0 Å². The van der Waals surface area contributed by atoms with Gasteiger partial charge < -0.3 is 10.1 Å². The Morgan fingerprint density at radius 2 is 1.71 bits per heavy atom. The highest BCUT2D eigenvalue weighted by Gasteiger charge is 2.00. The van der Waals surface area contributed by atoms with Gasteiger partial charge in [-0.25, -0.2) is 0 Å². The number of aromatic nitrogens is 1. The number of pyridine rings is 1. The second kappa shape index (κ2) is 21.0. The van der Waals surface area contributed by atoms with Crippen LogP contribution in [0.5, 0.6) is 0 Å². The lowest BCUT2D eigenvalue weighted by Crippen LogP contribution is -2.24. The van der Waals surface area contributed by atoms with Crippen molar-refractivity contribution in [2.75, 3.05) is 13.2 Å². The first-order chi connectivity index (χ1) is 15.3. The van der Waals surface area contributed by atoms with Gasteiger partial charge in [-0.05, 0) is 56.6 Å². The molecule has 0 saturated carbocycles. The van der Waals surface area contributed by atoms with Crippen LogP contribution in [0.1, 0.15) is 83.1 Å². The van der Waals surface area contributed by atoms with E-state index < -0.39 is 0 Å². The third-order valence-corrected chi connectivity index (χ3v) is 4.83. The monoisotopic (exact) mass is 426 g/mol. The molecule has 0 bridgehead atoms. The molecule has 0 radical (unpaired) electrons. The summed E-state index contributed by atoms with van der Waals surface area (Å²) < 4.78 is 5.59. The van der Waals surface area contributed by atoms with Crippen molar-refractivity contribution in [3.05, 3.63) is 66.5 Å². The first-order valence-corrected chi connectivity index (χ1v) is 12.0. The zero-order chi connectivity index (χ0) is 22.2. The molecule has 0 atom stereocenters. The smallest absolute Gasteiger partial charge is 0.219 e. The number of rotatable bonds is 19. The Kier molecular flexibility index (Phi) is 18.2. The number of hydrogen-bond donors (Lipinski definition) is 1. The maximum Gasteiger partial charge on any atom is 0.219 e. The van der Waals surface area contributed by atoms with Crippen molar-refractivity contribution >= 4 is 5.91 Å². The van der Waals surface area contributed by atoms with Crippen LogP contribution in [0.15, 0.2) is 61.0 Å². The van der Waals surface area contributed by atoms with Gasteiger partial charge in [0.15, 0.2) is 0 Å². The zero-order valence-electron chi connectivity index (χ0n) is 19.4. The average Bonchev–Trinajstić information content (AvgIpc) is 2.79. The van der Waals surface area contributed by atoms with Gasteiger partial charge in [-0.3, -0.25) is 9.78 Å². The van der Waals surface area contributed by atoms with Crippen LogP contribution in [0.4, 0.5) is 0 Å². The summed E-state index contributed by atoms with van der Waals surface area (Å²) in [7, 11) is 0. The van der Waals surface area contributed by atoms with E-state index >= 15 is 0 Å². The minimum Gasteiger partial charge on any atom is -0.377 e. The van der Waals surface area contributed by atoms with Gasteiger partial charge >= 0.3 is 0 Å². The Labute approximate surface area is 189 Å². The number of carbonyl (C=O) groups is 1. The summed E-state index contributed by atoms with van der Waals surface area (Å²) in [5, 5.41) is 2.98. The minimum absolute atomic E-state index is 0.161. The van der Waals surface area contributed by atoms with E-state index in [0.29, 0.717) is 26.2 Å². The highest BCUT2D eigenvalue weighted by atomic mass is 16.5. The summed E-state index contributed by atoms with van der Waals surface area (Å²) in [4.78, 5) is 15.9. The topological polar surface area (TPSA) is 51.2 Å². The number of allylic oxidation sites excluding steroid dienone is 6. The molecule has 1 amide bonds. The van der Waals surface area contributed by atoms with E-state index in [9.17, 15) is 4.79 Å². The van der Waals surface area contributed by atoms with Gasteiger partial charge in [0, 0.05) is 32.0 Å². The lowest BCUT2D eigenvalue weighted by molar-refractivity contribution is -0.121. The van der Waals surface area contributed by atoms with Gasteiger partial charge in [0.25, 0.3) is 0 Å². The van der Waals surface area contributed by atoms with Crippen molar-refractivity contribution in [1.29, 1.82) is 0 Å². The van der Waals surface area contributed by atoms with E-state index in [1.807, 2.05) is 18.3 Å². The summed E-state index contributed by atoms with van der Waals surface area (Å²) in [5.41, 5.74) is 1.07. The molecule has 0 aromatic carbocycles. The molecule has 0 aliphatic carbocycles. The highest BCUT2D eigenvalue weighted by Crippen LogP contribution is 2.08. The molecule has 0 unspecified atom stereocenters. The first kappa shape index (κ1) is 26.8. The Hall–Kier alpha value is -2.20. The molecule has 4 nitrogen and oxygen atoms in total. The Morgan fingerprint density at radius 1 is 0.968 bits per heavy atom. The number of nitrogens with zero attached hydrogens (tertiary/aromatic N) is 1. The minimum atomic E-state index is 0.161. The standard InChI is InChI=1S/C27H42N2O2/c1-2-3-4-5-6-7-8-9-10-11-12-13-14-15-16-20-27(30)29-22-18-23-31-25-26-19-17-21-28-24-26/h3-4,6-7,9-10,17,19,21,24H,2,5,8,11-16,18,20,22-23,25H2,1H3,(H,29,30). The van der Waals surface area contributed by atoms with E-state index in [4.69, 9.17) is 4.74 Å². The van der Waals surface area contributed by atoms with E-state index in [0.717, 1.165) is 50.5 Å². The fourth-order valence-corrected chi connectivity index (χ4v) is 3.07. The van der Waals surface area contributed by atoms with Crippen molar-refractivity contribution in [3.63, 3.8) is 0 Å². The molecule has 4 heteroatoms. The quantitative estimate of drug-likeness (QED) is 0.198. The summed E-state index contributed by atoms with van der Waals surface area (Å²) in [6.07, 6.45) is 28.6. The number of hydrogen-bond acceptors (Lipinski definition) is 3. The summed E-state index contributed by atoms with van der Waals surface area (Å²) in [6, 6.07) is 3.91. The van der Waals surface area contributed by atoms with Crippen molar-refractivity contribution < 1.29 is 9.53 Å². The third kappa shape index (κ3) is 18.3. The summed E-state index contributed by atoms with van der Waals surface area (Å²) >= 11 is 0. The van der Waals surface area contributed by atoms with E-state index in [1.54, 1.807) is 6.20 Å². The maximum atomic E-state index is 11.9. The van der Waals surface area contributed by atoms with Crippen LogP contribution in [0.25, 0.3) is 0 Å². The third-order valence-electron chi connectivity index (χ3n) is 4.83. The van der Waals surface area contributed by atoms with Gasteiger partial charge in [-0.15, -0.1) is 0 Å². The molecule has 0 aliphatic heterocycles. The normalized spacial score (nSPS) is 11.8. The largest absolute Gasteiger partial charge is 0.377 e. The van der Waals surface area contributed by atoms with Crippen LogP contribution in [-0.4, -0.2) is 24.0 Å². The molecule has 0 spiro atoms. The second-order valence-electron chi connectivity index (χ2n) is 7.72. The number of carbonyl (C=O) groups excluding carboxylic acids is 1. The van der Waals surface area contributed by atoms with E-state index in [1.165, 1.54) is 19.3 Å². The second-order valence-corrected chi connectivity index (χ2v) is 7.72. The molecule has 1 aromatic rings. The van der Waals surface area contributed by atoms with Crippen LogP contribution in [0.2, 0.25) is 0 Å². The van der Waals surface area contributed by atoms with Crippen molar-refractivity contribution in [3.8, 4) is 0 Å². The maximum absolute atomic E-state index is 11.9. The van der Waals surface area contributed by atoms with Crippen LogP contribution >= 0.6 is 0 Å².